The van der Waals surface area contributed by atoms with Crippen molar-refractivity contribution in [2.45, 2.75) is 39.8 Å². The quantitative estimate of drug-likeness (QED) is 0.249. The van der Waals surface area contributed by atoms with Gasteiger partial charge >= 0.3 is 0 Å². The molecule has 1 aromatic carbocycles. The summed E-state index contributed by atoms with van der Waals surface area (Å²) in [4.78, 5) is 11.7. The number of halogens is 1. The molecule has 0 aliphatic carbocycles. The van der Waals surface area contributed by atoms with Gasteiger partial charge < -0.3 is 15.5 Å². The third kappa shape index (κ3) is 6.48. The second-order valence-electron chi connectivity index (χ2n) is 6.91. The van der Waals surface area contributed by atoms with Crippen LogP contribution in [0.1, 0.15) is 43.0 Å². The molecule has 0 bridgehead atoms. The number of benzene rings is 1. The molecular weight excluding hydrogens is 481 g/mol. The van der Waals surface area contributed by atoms with Crippen molar-refractivity contribution in [3.63, 3.8) is 0 Å². The van der Waals surface area contributed by atoms with Crippen molar-refractivity contribution in [1.29, 1.82) is 0 Å². The van der Waals surface area contributed by atoms with Gasteiger partial charge in [-0.3, -0.25) is 0 Å². The number of nitrogens with zero attached hydrogens (tertiary/aromatic N) is 3. The number of hydrogen-bond donors (Lipinski definition) is 2. The molecule has 0 spiro atoms. The summed E-state index contributed by atoms with van der Waals surface area (Å²) in [6.45, 7) is 10.6. The highest BCUT2D eigenvalue weighted by Gasteiger charge is 2.08. The second kappa shape index (κ2) is 11.4. The molecule has 2 aromatic rings. The molecule has 0 atom stereocenters. The fourth-order valence-corrected chi connectivity index (χ4v) is 3.74. The van der Waals surface area contributed by atoms with Gasteiger partial charge in [-0.05, 0) is 30.5 Å². The summed E-state index contributed by atoms with van der Waals surface area (Å²) in [6, 6.07) is 8.69. The van der Waals surface area contributed by atoms with Crippen LogP contribution in [0.2, 0.25) is 0 Å². The van der Waals surface area contributed by atoms with Crippen molar-refractivity contribution in [3.8, 4) is 0 Å². The van der Waals surface area contributed by atoms with Crippen molar-refractivity contribution in [3.05, 3.63) is 58.1 Å². The second-order valence-corrected chi connectivity index (χ2v) is 7.86. The summed E-state index contributed by atoms with van der Waals surface area (Å²) in [5, 5.41) is 9.93. The van der Waals surface area contributed by atoms with E-state index in [1.165, 1.54) is 11.3 Å². The fourth-order valence-electron chi connectivity index (χ4n) is 2.84. The predicted octanol–water partition coefficient (Wildman–Crippen LogP) is 4.52. The van der Waals surface area contributed by atoms with Gasteiger partial charge in [0.1, 0.15) is 5.01 Å². The van der Waals surface area contributed by atoms with Gasteiger partial charge in [-0.25, -0.2) is 9.98 Å². The molecule has 152 valence electrons. The number of guanidine groups is 1. The van der Waals surface area contributed by atoms with Gasteiger partial charge in [0.2, 0.25) is 0 Å². The van der Waals surface area contributed by atoms with Crippen LogP contribution in [-0.4, -0.2) is 30.6 Å². The van der Waals surface area contributed by atoms with E-state index in [9.17, 15) is 0 Å². The smallest absolute Gasteiger partial charge is 0.191 e. The van der Waals surface area contributed by atoms with E-state index < -0.39 is 0 Å². The third-order valence-electron chi connectivity index (χ3n) is 4.45. The van der Waals surface area contributed by atoms with Gasteiger partial charge in [0.25, 0.3) is 0 Å². The van der Waals surface area contributed by atoms with Gasteiger partial charge in [-0.15, -0.1) is 35.3 Å². The van der Waals surface area contributed by atoms with Crippen LogP contribution in [-0.2, 0) is 13.1 Å². The molecule has 0 saturated carbocycles. The topological polar surface area (TPSA) is 52.6 Å². The minimum absolute atomic E-state index is 0. The Labute approximate surface area is 189 Å². The Hall–Kier alpha value is -1.61. The molecule has 1 aromatic heterocycles. The standard InChI is InChI=1S/C21H29N5S.HI/c1-4-22-21(24-14-20-25-19(15-27-20)16(2)3)23-13-17-7-9-18(10-8-17)26-11-5-6-12-26;/h5-10,15-16H,4,11-14H2,1-3H3,(H2,22,23,24);1H. The fraction of sp³-hybridized carbons (Fsp3) is 0.429. The van der Waals surface area contributed by atoms with Crippen LogP contribution in [0.25, 0.3) is 0 Å². The molecule has 0 saturated heterocycles. The van der Waals surface area contributed by atoms with Gasteiger partial charge in [-0.1, -0.05) is 38.1 Å². The highest BCUT2D eigenvalue weighted by atomic mass is 127. The van der Waals surface area contributed by atoms with Crippen LogP contribution in [0.4, 0.5) is 5.69 Å². The first-order valence-electron chi connectivity index (χ1n) is 9.61. The van der Waals surface area contributed by atoms with Crippen molar-refractivity contribution in [1.82, 2.24) is 15.6 Å². The Bertz CT molecular complexity index is 774. The number of rotatable bonds is 7. The van der Waals surface area contributed by atoms with Crippen LogP contribution in [0.15, 0.2) is 46.8 Å². The van der Waals surface area contributed by atoms with E-state index >= 15 is 0 Å². The zero-order valence-electron chi connectivity index (χ0n) is 16.8. The molecule has 0 radical (unpaired) electrons. The minimum Gasteiger partial charge on any atom is -0.364 e. The molecule has 1 aliphatic heterocycles. The Morgan fingerprint density at radius 1 is 1.18 bits per heavy atom. The average molecular weight is 511 g/mol. The average Bonchev–Trinajstić information content (AvgIpc) is 3.36. The van der Waals surface area contributed by atoms with Gasteiger partial charge in [-0.2, -0.15) is 0 Å². The lowest BCUT2D eigenvalue weighted by atomic mass is 10.2. The monoisotopic (exact) mass is 511 g/mol. The summed E-state index contributed by atoms with van der Waals surface area (Å²) in [7, 11) is 0. The molecular formula is C21H30IN5S. The SMILES string of the molecule is CCNC(=NCc1ccc(N2CC=CC2)cc1)NCc1nc(C(C)C)cs1.I. The van der Waals surface area contributed by atoms with Gasteiger partial charge in [0, 0.05) is 30.7 Å². The number of aromatic nitrogens is 1. The van der Waals surface area contributed by atoms with E-state index in [4.69, 9.17) is 4.99 Å². The Kier molecular flexibility index (Phi) is 9.24. The van der Waals surface area contributed by atoms with Crippen molar-refractivity contribution >= 4 is 47.0 Å². The number of aliphatic imine (C=N–C) groups is 1. The van der Waals surface area contributed by atoms with Crippen molar-refractivity contribution in [2.24, 2.45) is 4.99 Å². The number of hydrogen-bond acceptors (Lipinski definition) is 4. The maximum absolute atomic E-state index is 4.71. The summed E-state index contributed by atoms with van der Waals surface area (Å²) >= 11 is 1.70. The first-order chi connectivity index (χ1) is 13.2. The van der Waals surface area contributed by atoms with E-state index in [1.807, 2.05) is 0 Å². The Morgan fingerprint density at radius 3 is 2.50 bits per heavy atom. The molecule has 3 rings (SSSR count). The highest BCUT2D eigenvalue weighted by Crippen LogP contribution is 2.18. The molecule has 2 N–H and O–H groups in total. The highest BCUT2D eigenvalue weighted by molar-refractivity contribution is 14.0. The summed E-state index contributed by atoms with van der Waals surface area (Å²) in [5.74, 6) is 1.29. The lowest BCUT2D eigenvalue weighted by Gasteiger charge is -2.17. The maximum atomic E-state index is 4.71. The summed E-state index contributed by atoms with van der Waals surface area (Å²) < 4.78 is 0. The summed E-state index contributed by atoms with van der Waals surface area (Å²) in [5.41, 5.74) is 3.63. The molecule has 2 heterocycles. The third-order valence-corrected chi connectivity index (χ3v) is 5.32. The van der Waals surface area contributed by atoms with Crippen LogP contribution >= 0.6 is 35.3 Å². The zero-order chi connectivity index (χ0) is 19.1. The van der Waals surface area contributed by atoms with E-state index in [0.29, 0.717) is 19.0 Å². The van der Waals surface area contributed by atoms with Crippen LogP contribution in [0.5, 0.6) is 0 Å². The lowest BCUT2D eigenvalue weighted by Crippen LogP contribution is -2.36. The van der Waals surface area contributed by atoms with Crippen LogP contribution < -0.4 is 15.5 Å². The molecule has 0 unspecified atom stereocenters. The van der Waals surface area contributed by atoms with Gasteiger partial charge in [0.05, 0.1) is 18.8 Å². The summed E-state index contributed by atoms with van der Waals surface area (Å²) in [6.07, 6.45) is 4.41. The van der Waals surface area contributed by atoms with Crippen molar-refractivity contribution < 1.29 is 0 Å². The van der Waals surface area contributed by atoms with E-state index in [2.05, 4.69) is 83.1 Å². The molecule has 0 amide bonds. The molecule has 5 nitrogen and oxygen atoms in total. The predicted molar refractivity (Wildman–Crippen MR) is 131 cm³/mol. The number of anilines is 1. The first-order valence-corrected chi connectivity index (χ1v) is 10.5. The van der Waals surface area contributed by atoms with Crippen molar-refractivity contribution in [2.75, 3.05) is 24.5 Å². The molecule has 1 aliphatic rings. The minimum atomic E-state index is 0. The van der Waals surface area contributed by atoms with E-state index in [1.54, 1.807) is 11.3 Å². The molecule has 0 fully saturated rings. The number of nitrogens with one attached hydrogen (secondary N) is 2. The molecule has 28 heavy (non-hydrogen) atoms. The van der Waals surface area contributed by atoms with E-state index in [0.717, 1.165) is 36.3 Å². The largest absolute Gasteiger partial charge is 0.364 e. The van der Waals surface area contributed by atoms with E-state index in [-0.39, 0.29) is 24.0 Å². The maximum Gasteiger partial charge on any atom is 0.191 e. The van der Waals surface area contributed by atoms with Crippen LogP contribution in [0, 0.1) is 0 Å². The lowest BCUT2D eigenvalue weighted by molar-refractivity contribution is 0.788. The van der Waals surface area contributed by atoms with Gasteiger partial charge in [0.15, 0.2) is 5.96 Å². The number of thiazole rings is 1. The normalized spacial score (nSPS) is 13.7. The Morgan fingerprint density at radius 2 is 1.89 bits per heavy atom. The molecule has 7 heteroatoms. The zero-order valence-corrected chi connectivity index (χ0v) is 20.0. The Balaban J connectivity index is 0.00000280. The van der Waals surface area contributed by atoms with Crippen LogP contribution in [0.3, 0.4) is 0 Å². The first kappa shape index (κ1) is 22.7.